The number of amides is 5. The molecule has 0 aliphatic rings. The average Bonchev–Trinajstić information content (AvgIpc) is 3.66. The molecule has 0 aliphatic carbocycles. The number of rotatable bonds is 17. The summed E-state index contributed by atoms with van der Waals surface area (Å²) >= 11 is 3.25. The van der Waals surface area contributed by atoms with Crippen molar-refractivity contribution in [1.29, 1.82) is 0 Å². The first kappa shape index (κ1) is 78.2. The molecule has 7 aromatic rings. The Morgan fingerprint density at radius 2 is 0.667 bits per heavy atom. The van der Waals surface area contributed by atoms with Crippen LogP contribution in [-0.2, 0) is 55.9 Å². The number of aryl methyl sites for hydroxylation is 3. The van der Waals surface area contributed by atoms with Crippen molar-refractivity contribution >= 4 is 57.2 Å². The van der Waals surface area contributed by atoms with Crippen LogP contribution < -0.4 is 0 Å². The number of ketones is 1. The van der Waals surface area contributed by atoms with Gasteiger partial charge >= 0.3 is 5.97 Å². The zero-order valence-electron chi connectivity index (χ0n) is 51.5. The van der Waals surface area contributed by atoms with Gasteiger partial charge in [-0.1, -0.05) is 22.9 Å². The van der Waals surface area contributed by atoms with Crippen molar-refractivity contribution in [3.63, 3.8) is 0 Å². The number of nitrogens with zero attached hydrogens (tertiary/aromatic N) is 19. The maximum absolute atomic E-state index is 12.2. The quantitative estimate of drug-likeness (QED) is 0.0741. The molecule has 484 valence electrons. The third-order valence-corrected chi connectivity index (χ3v) is 11.2. The molecule has 0 aromatic carbocycles. The largest absolute Gasteiger partial charge is 0.477 e. The van der Waals surface area contributed by atoms with Gasteiger partial charge in [-0.3, -0.25) is 53.0 Å². The van der Waals surface area contributed by atoms with Crippen LogP contribution in [-0.4, -0.2) is 217 Å². The Hall–Kier alpha value is -9.85. The summed E-state index contributed by atoms with van der Waals surface area (Å²) in [6.45, 7) is 5.25. The fourth-order valence-electron chi connectivity index (χ4n) is 5.51. The van der Waals surface area contributed by atoms with Gasteiger partial charge in [0.1, 0.15) is 91.8 Å². The van der Waals surface area contributed by atoms with Gasteiger partial charge in [0, 0.05) is 64.6 Å². The minimum atomic E-state index is -1.02. The van der Waals surface area contributed by atoms with Crippen LogP contribution in [0.5, 0.6) is 0 Å². The normalized spacial score (nSPS) is 9.80. The second-order valence-electron chi connectivity index (χ2n) is 16.8. The Kier molecular flexibility index (Phi) is 37.3. The summed E-state index contributed by atoms with van der Waals surface area (Å²) < 4.78 is 24.2. The molecule has 7 heterocycles. The second kappa shape index (κ2) is 42.9. The Morgan fingerprint density at radius 3 is 0.956 bits per heavy atom. The molecule has 0 spiro atoms. The number of aromatic nitrogens is 14. The lowest BCUT2D eigenvalue weighted by Gasteiger charge is -2.12. The first-order valence-corrected chi connectivity index (χ1v) is 26.7. The first-order chi connectivity index (χ1) is 42.8. The molecule has 36 heteroatoms. The number of hydroxylamine groups is 10. The van der Waals surface area contributed by atoms with E-state index in [9.17, 15) is 42.3 Å². The molecular formula is C54H68BrF2N19O14. The molecular weight excluding hydrogens is 1260 g/mol. The predicted octanol–water partition coefficient (Wildman–Crippen LogP) is 3.91. The lowest BCUT2D eigenvalue weighted by Crippen LogP contribution is -2.26. The Labute approximate surface area is 523 Å². The number of carbonyl (C=O) groups is 7. The number of carboxylic acid groups (broad SMARTS) is 1. The van der Waals surface area contributed by atoms with E-state index in [1.165, 1.54) is 140 Å². The Bertz CT molecular complexity index is 3140. The second-order valence-corrected chi connectivity index (χ2v) is 17.3. The van der Waals surface area contributed by atoms with Crippen LogP contribution in [0, 0.1) is 13.8 Å². The van der Waals surface area contributed by atoms with Crippen molar-refractivity contribution in [3.05, 3.63) is 166 Å². The molecule has 7 aromatic heterocycles. The van der Waals surface area contributed by atoms with E-state index in [0.29, 0.717) is 33.8 Å². The molecule has 0 unspecified atom stereocenters. The molecule has 0 saturated carbocycles. The summed E-state index contributed by atoms with van der Waals surface area (Å²) in [5.74, 6) is -2.88. The summed E-state index contributed by atoms with van der Waals surface area (Å²) in [6, 6.07) is 10.4. The van der Waals surface area contributed by atoms with Crippen LogP contribution in [0.4, 0.5) is 8.78 Å². The van der Waals surface area contributed by atoms with Gasteiger partial charge in [-0.15, -0.1) is 0 Å². The number of aromatic carboxylic acids is 1. The van der Waals surface area contributed by atoms with Crippen molar-refractivity contribution in [2.75, 3.05) is 70.8 Å². The van der Waals surface area contributed by atoms with E-state index >= 15 is 0 Å². The number of carbonyl (C=O) groups excluding carboxylic acids is 6. The van der Waals surface area contributed by atoms with E-state index in [1.54, 1.807) is 32.0 Å². The Morgan fingerprint density at radius 1 is 0.411 bits per heavy atom. The van der Waals surface area contributed by atoms with E-state index in [4.69, 9.17) is 29.6 Å². The number of carboxylic acids is 1. The van der Waals surface area contributed by atoms with Crippen molar-refractivity contribution < 1.29 is 76.7 Å². The number of hydrogen-bond acceptors (Lipinski definition) is 27. The summed E-state index contributed by atoms with van der Waals surface area (Å²) in [7, 11) is 14.5. The lowest BCUT2D eigenvalue weighted by atomic mass is 10.2. The number of hydrogen-bond donors (Lipinski definition) is 2. The standard InChI is InChI=1S/C9H13N3O2.C8H10BrN3O2.C8H10FN3O2.C8H11N3O3.C8H11N3O2.C7H7FN2O.C6H6N2O2/c1-4-7-5-8(11-6-10-7)9(13)12(2)14-3;2*1-12(14-2)8(13)7-3-6(4-9)10-5-11-7;1-11(14-2)8(13)7-3-6(4-12)9-5-10-7;1-6-4-7(10-5-9-6)8(12)11(2)13-3;1-5(11)7-2-6(3-8)9-4-10-7;1-4-2-5(6(9)10)8-3-7-4/h5-6H,4H2,1-3H3;2*3,5H,4H2,1-2H3;3,5,12H,4H2,1-2H3;4-5H,1-3H3;2,4H,3H2,1H3;2-3H,1H3,(H,9,10). The predicted molar refractivity (Wildman–Crippen MR) is 314 cm³/mol. The number of alkyl halides is 3. The van der Waals surface area contributed by atoms with E-state index in [0.717, 1.165) is 55.1 Å². The van der Waals surface area contributed by atoms with Crippen LogP contribution in [0.1, 0.15) is 127 Å². The molecule has 5 amide bonds. The van der Waals surface area contributed by atoms with E-state index in [2.05, 4.69) is 90.5 Å². The van der Waals surface area contributed by atoms with Gasteiger partial charge in [0.15, 0.2) is 11.5 Å². The molecule has 0 radical (unpaired) electrons. The molecule has 0 aliphatic heterocycles. The topological polar surface area (TPSA) is 403 Å². The highest BCUT2D eigenvalue weighted by Crippen LogP contribution is 2.08. The van der Waals surface area contributed by atoms with Gasteiger partial charge in [0.25, 0.3) is 29.5 Å². The van der Waals surface area contributed by atoms with Gasteiger partial charge < -0.3 is 10.2 Å². The van der Waals surface area contributed by atoms with Crippen molar-refractivity contribution in [2.24, 2.45) is 0 Å². The van der Waals surface area contributed by atoms with E-state index in [1.807, 2.05) is 6.92 Å². The van der Waals surface area contributed by atoms with Crippen LogP contribution in [0.3, 0.4) is 0 Å². The molecule has 90 heavy (non-hydrogen) atoms. The smallest absolute Gasteiger partial charge is 0.354 e. The van der Waals surface area contributed by atoms with Crippen molar-refractivity contribution in [2.45, 2.75) is 59.4 Å². The summed E-state index contributed by atoms with van der Waals surface area (Å²) in [5, 5.41) is 23.2. The fraction of sp³-hybridized carbons (Fsp3) is 0.352. The summed E-state index contributed by atoms with van der Waals surface area (Å²) in [5.41, 5.74) is 5.41. The number of Topliss-reactive ketones (excluding diaryl/α,β-unsaturated/α-hetero) is 1. The highest BCUT2D eigenvalue weighted by Gasteiger charge is 2.17. The first-order valence-electron chi connectivity index (χ1n) is 25.6. The van der Waals surface area contributed by atoms with Gasteiger partial charge in [-0.25, -0.2) is 109 Å². The van der Waals surface area contributed by atoms with Gasteiger partial charge in [0.2, 0.25) is 0 Å². The molecule has 0 bridgehead atoms. The maximum atomic E-state index is 12.2. The zero-order valence-corrected chi connectivity index (χ0v) is 53.1. The third-order valence-electron chi connectivity index (χ3n) is 10.6. The van der Waals surface area contributed by atoms with Crippen molar-refractivity contribution in [3.8, 4) is 0 Å². The number of halogens is 3. The molecule has 7 rings (SSSR count). The van der Waals surface area contributed by atoms with Gasteiger partial charge in [0.05, 0.1) is 64.9 Å². The monoisotopic (exact) mass is 1320 g/mol. The molecule has 0 saturated heterocycles. The SMILES string of the molecule is CC(=O)c1cc(CF)ncn1.CCc1cc(C(=O)N(C)OC)ncn1.CON(C)C(=O)c1cc(C)ncn1.CON(C)C(=O)c1cc(CBr)ncn1.CON(C)C(=O)c1cc(CF)ncn1.CON(C)C(=O)c1cc(CO)ncn1.Cc1cc(C(=O)O)ncn1. The molecule has 2 N–H and O–H groups in total. The van der Waals surface area contributed by atoms with Crippen LogP contribution in [0.15, 0.2) is 86.8 Å². The summed E-state index contributed by atoms with van der Waals surface area (Å²) in [6.07, 6.45) is 9.66. The zero-order chi connectivity index (χ0) is 67.9. The summed E-state index contributed by atoms with van der Waals surface area (Å²) in [4.78, 5) is 155. The number of aliphatic hydroxyl groups excluding tert-OH is 1. The maximum Gasteiger partial charge on any atom is 0.354 e. The number of aliphatic hydroxyl groups is 1. The lowest BCUT2D eigenvalue weighted by molar-refractivity contribution is -0.0761. The van der Waals surface area contributed by atoms with E-state index < -0.39 is 25.2 Å². The fourth-order valence-corrected chi connectivity index (χ4v) is 5.82. The molecule has 0 fully saturated rings. The van der Waals surface area contributed by atoms with Crippen LogP contribution in [0.2, 0.25) is 0 Å². The van der Waals surface area contributed by atoms with E-state index in [-0.39, 0.29) is 70.2 Å². The Balaban J connectivity index is 0.000000526. The van der Waals surface area contributed by atoms with Gasteiger partial charge in [-0.2, -0.15) is 0 Å². The highest BCUT2D eigenvalue weighted by molar-refractivity contribution is 9.08. The van der Waals surface area contributed by atoms with Crippen LogP contribution >= 0.6 is 15.9 Å². The minimum Gasteiger partial charge on any atom is -0.477 e. The van der Waals surface area contributed by atoms with Crippen molar-refractivity contribution in [1.82, 2.24) is 95.1 Å². The molecule has 33 nitrogen and oxygen atoms in total. The van der Waals surface area contributed by atoms with Crippen LogP contribution in [0.25, 0.3) is 0 Å². The third kappa shape index (κ3) is 28.3. The minimum absolute atomic E-state index is 0.0347. The highest BCUT2D eigenvalue weighted by atomic mass is 79.9. The average molecular weight is 1330 g/mol. The van der Waals surface area contributed by atoms with Gasteiger partial charge in [-0.05, 0) is 62.7 Å². The molecule has 0 atom stereocenters.